The molecule has 0 heterocycles. The minimum absolute atomic E-state index is 0.325. The Labute approximate surface area is 48.9 Å². The molecule has 1 N–H and O–H groups in total. The third kappa shape index (κ3) is 1.82. The Morgan fingerprint density at radius 1 is 1.88 bits per heavy atom. The average Bonchev–Trinajstić information content (AvgIpc) is 1.69. The number of amides is 1. The quantitative estimate of drug-likeness (QED) is 0.580. The van der Waals surface area contributed by atoms with E-state index in [0.717, 1.165) is 0 Å². The van der Waals surface area contributed by atoms with Gasteiger partial charge < -0.3 is 10.0 Å². The van der Waals surface area contributed by atoms with Gasteiger partial charge in [-0.25, -0.2) is 4.79 Å². The number of hydrogen-bond acceptors (Lipinski definition) is 1. The van der Waals surface area contributed by atoms with Crippen LogP contribution in [0.4, 0.5) is 4.79 Å². The third-order valence-corrected chi connectivity index (χ3v) is 0.922. The van der Waals surface area contributed by atoms with Crippen molar-refractivity contribution in [2.24, 2.45) is 0 Å². The van der Waals surface area contributed by atoms with Crippen LogP contribution in [0.3, 0.4) is 0 Å². The number of carbonyl (C=O) groups is 1. The van der Waals surface area contributed by atoms with Crippen molar-refractivity contribution in [1.82, 2.24) is 4.90 Å². The molecule has 1 radical (unpaired) electrons. The lowest BCUT2D eigenvalue weighted by Gasteiger charge is -2.12. The Balaban J connectivity index is 3.52. The predicted octanol–water partition coefficient (Wildman–Crippen LogP) is 0.820. The van der Waals surface area contributed by atoms with Gasteiger partial charge in [0.2, 0.25) is 0 Å². The highest BCUT2D eigenvalue weighted by Gasteiger charge is 2.03. The molecule has 0 aromatic rings. The molecular formula is C5H10NO2. The highest BCUT2D eigenvalue weighted by atomic mass is 16.4. The zero-order chi connectivity index (χ0) is 6.57. The summed E-state index contributed by atoms with van der Waals surface area (Å²) >= 11 is 0. The van der Waals surface area contributed by atoms with Crippen LogP contribution in [0.2, 0.25) is 0 Å². The molecule has 3 heteroatoms. The smallest absolute Gasteiger partial charge is 0.407 e. The van der Waals surface area contributed by atoms with Gasteiger partial charge in [-0.15, -0.1) is 0 Å². The van der Waals surface area contributed by atoms with Crippen molar-refractivity contribution in [3.05, 3.63) is 6.92 Å². The first-order chi connectivity index (χ1) is 3.72. The Morgan fingerprint density at radius 3 is 2.38 bits per heavy atom. The van der Waals surface area contributed by atoms with E-state index in [-0.39, 0.29) is 0 Å². The molecule has 1 amide bonds. The van der Waals surface area contributed by atoms with Crippen molar-refractivity contribution in [3.63, 3.8) is 0 Å². The van der Waals surface area contributed by atoms with E-state index in [4.69, 9.17) is 5.11 Å². The summed E-state index contributed by atoms with van der Waals surface area (Å²) in [6, 6.07) is 0. The predicted molar refractivity (Wildman–Crippen MR) is 30.6 cm³/mol. The molecule has 3 nitrogen and oxygen atoms in total. The van der Waals surface area contributed by atoms with Crippen molar-refractivity contribution < 1.29 is 9.90 Å². The van der Waals surface area contributed by atoms with Crippen LogP contribution in [0.5, 0.6) is 0 Å². The van der Waals surface area contributed by atoms with Crippen LogP contribution < -0.4 is 0 Å². The Morgan fingerprint density at radius 2 is 2.38 bits per heavy atom. The van der Waals surface area contributed by atoms with Gasteiger partial charge in [0.25, 0.3) is 0 Å². The maximum Gasteiger partial charge on any atom is 0.407 e. The molecule has 0 atom stereocenters. The summed E-state index contributed by atoms with van der Waals surface area (Å²) in [5.74, 6) is 0. The van der Waals surface area contributed by atoms with Crippen LogP contribution in [-0.4, -0.2) is 29.2 Å². The molecular weight excluding hydrogens is 106 g/mol. The molecule has 0 spiro atoms. The SMILES string of the molecule is [CH2]CN(CC)C(=O)O. The van der Waals surface area contributed by atoms with Gasteiger partial charge in [0.15, 0.2) is 0 Å². The van der Waals surface area contributed by atoms with Gasteiger partial charge in [0, 0.05) is 13.1 Å². The van der Waals surface area contributed by atoms with Gasteiger partial charge in [-0.2, -0.15) is 0 Å². The lowest BCUT2D eigenvalue weighted by Crippen LogP contribution is -2.28. The van der Waals surface area contributed by atoms with Crippen LogP contribution in [0.1, 0.15) is 6.92 Å². The average molecular weight is 116 g/mol. The normalized spacial score (nSPS) is 8.75. The van der Waals surface area contributed by atoms with Gasteiger partial charge in [-0.05, 0) is 13.8 Å². The zero-order valence-electron chi connectivity index (χ0n) is 4.92. The molecule has 0 aromatic carbocycles. The second kappa shape index (κ2) is 3.29. The molecule has 0 saturated carbocycles. The van der Waals surface area contributed by atoms with Crippen molar-refractivity contribution in [2.45, 2.75) is 6.92 Å². The molecule has 0 aliphatic carbocycles. The highest BCUT2D eigenvalue weighted by Crippen LogP contribution is 1.84. The number of nitrogens with zero attached hydrogens (tertiary/aromatic N) is 1. The van der Waals surface area contributed by atoms with Crippen molar-refractivity contribution in [3.8, 4) is 0 Å². The molecule has 0 saturated heterocycles. The van der Waals surface area contributed by atoms with Crippen LogP contribution in [0.15, 0.2) is 0 Å². The van der Waals surface area contributed by atoms with Crippen LogP contribution in [0.25, 0.3) is 0 Å². The first kappa shape index (κ1) is 7.27. The van der Waals surface area contributed by atoms with Crippen molar-refractivity contribution >= 4 is 6.09 Å². The molecule has 47 valence electrons. The van der Waals surface area contributed by atoms with E-state index in [1.165, 1.54) is 4.90 Å². The van der Waals surface area contributed by atoms with E-state index >= 15 is 0 Å². The second-order valence-corrected chi connectivity index (χ2v) is 1.36. The van der Waals surface area contributed by atoms with E-state index < -0.39 is 6.09 Å². The van der Waals surface area contributed by atoms with Crippen LogP contribution in [0, 0.1) is 6.92 Å². The molecule has 8 heavy (non-hydrogen) atoms. The molecule has 0 rings (SSSR count). The summed E-state index contributed by atoms with van der Waals surface area (Å²) in [5, 5.41) is 8.26. The fourth-order valence-electron chi connectivity index (χ4n) is 0.389. The fraction of sp³-hybridized carbons (Fsp3) is 0.600. The monoisotopic (exact) mass is 116 g/mol. The van der Waals surface area contributed by atoms with Crippen molar-refractivity contribution in [1.29, 1.82) is 0 Å². The lowest BCUT2D eigenvalue weighted by molar-refractivity contribution is 0.152. The van der Waals surface area contributed by atoms with E-state index in [9.17, 15) is 4.79 Å². The first-order valence-corrected chi connectivity index (χ1v) is 2.49. The zero-order valence-corrected chi connectivity index (χ0v) is 4.92. The van der Waals surface area contributed by atoms with Gasteiger partial charge >= 0.3 is 6.09 Å². The maximum atomic E-state index is 10.0. The molecule has 0 fully saturated rings. The Kier molecular flexibility index (Phi) is 2.99. The summed E-state index contributed by atoms with van der Waals surface area (Å²) in [6.07, 6.45) is -0.900. The summed E-state index contributed by atoms with van der Waals surface area (Å²) in [6.45, 7) is 6.04. The van der Waals surface area contributed by atoms with Gasteiger partial charge in [-0.3, -0.25) is 0 Å². The number of hydrogen-bond donors (Lipinski definition) is 1. The highest BCUT2D eigenvalue weighted by molar-refractivity contribution is 5.64. The van der Waals surface area contributed by atoms with Crippen molar-refractivity contribution in [2.75, 3.05) is 13.1 Å². The van der Waals surface area contributed by atoms with Gasteiger partial charge in [0.05, 0.1) is 0 Å². The lowest BCUT2D eigenvalue weighted by atomic mass is 10.6. The molecule has 0 aliphatic heterocycles. The number of rotatable bonds is 2. The maximum absolute atomic E-state index is 10.0. The Hall–Kier alpha value is -0.730. The first-order valence-electron chi connectivity index (χ1n) is 2.49. The second-order valence-electron chi connectivity index (χ2n) is 1.36. The van der Waals surface area contributed by atoms with Crippen LogP contribution >= 0.6 is 0 Å². The molecule has 0 unspecified atom stereocenters. The standard InChI is InChI=1S/C5H10NO2/c1-3-6(4-2)5(7)8/h1,3-4H2,2H3,(H,7,8). The van der Waals surface area contributed by atoms with Gasteiger partial charge in [-0.1, -0.05) is 0 Å². The Bertz CT molecular complexity index is 78.5. The molecule has 0 aliphatic rings. The molecule has 0 bridgehead atoms. The van der Waals surface area contributed by atoms with E-state index in [1.54, 1.807) is 6.92 Å². The molecule has 0 aromatic heterocycles. The summed E-state index contributed by atoms with van der Waals surface area (Å²) in [4.78, 5) is 11.3. The minimum Gasteiger partial charge on any atom is -0.465 e. The van der Waals surface area contributed by atoms with E-state index in [1.807, 2.05) is 0 Å². The fourth-order valence-corrected chi connectivity index (χ4v) is 0.389. The van der Waals surface area contributed by atoms with Gasteiger partial charge in [0.1, 0.15) is 0 Å². The minimum atomic E-state index is -0.900. The number of carboxylic acid groups (broad SMARTS) is 1. The topological polar surface area (TPSA) is 40.5 Å². The largest absolute Gasteiger partial charge is 0.465 e. The summed E-state index contributed by atoms with van der Waals surface area (Å²) in [5.41, 5.74) is 0. The van der Waals surface area contributed by atoms with Crippen LogP contribution in [-0.2, 0) is 0 Å². The van der Waals surface area contributed by atoms with E-state index in [2.05, 4.69) is 6.92 Å². The summed E-state index contributed by atoms with van der Waals surface area (Å²) in [7, 11) is 0. The third-order valence-electron chi connectivity index (χ3n) is 0.922. The van der Waals surface area contributed by atoms with E-state index in [0.29, 0.717) is 13.1 Å². The summed E-state index contributed by atoms with van der Waals surface area (Å²) < 4.78 is 0.